The van der Waals surface area contributed by atoms with Crippen LogP contribution in [0.1, 0.15) is 21.5 Å². The van der Waals surface area contributed by atoms with Crippen LogP contribution >= 0.6 is 0 Å². The summed E-state index contributed by atoms with van der Waals surface area (Å²) in [6.45, 7) is 1.93. The summed E-state index contributed by atoms with van der Waals surface area (Å²) in [5.41, 5.74) is 4.59. The molecule has 3 heteroatoms. The first-order valence-electron chi connectivity index (χ1n) is 6.47. The van der Waals surface area contributed by atoms with E-state index in [9.17, 15) is 9.59 Å². The third-order valence-electron chi connectivity index (χ3n) is 3.91. The monoisotopic (exact) mass is 261 g/mol. The van der Waals surface area contributed by atoms with Gasteiger partial charge in [-0.05, 0) is 29.7 Å². The number of H-pyrrole nitrogens is 1. The maximum atomic E-state index is 12.6. The normalized spacial score (nSPS) is 12.6. The van der Waals surface area contributed by atoms with Crippen molar-refractivity contribution in [2.75, 3.05) is 0 Å². The highest BCUT2D eigenvalue weighted by atomic mass is 16.1. The van der Waals surface area contributed by atoms with E-state index < -0.39 is 0 Å². The Morgan fingerprint density at radius 1 is 0.850 bits per heavy atom. The first kappa shape index (κ1) is 11.2. The van der Waals surface area contributed by atoms with Crippen molar-refractivity contribution in [2.45, 2.75) is 6.92 Å². The lowest BCUT2D eigenvalue weighted by molar-refractivity contribution is 0.104. The van der Waals surface area contributed by atoms with E-state index in [0.29, 0.717) is 11.1 Å². The number of rotatable bonds is 0. The number of carbonyl (C=O) groups excluding carboxylic acids is 1. The SMILES string of the molecule is Cc1ccc2c3c(cc(=O)[nH]c13)-c1ccccc1C2=O. The molecular weight excluding hydrogens is 250 g/mol. The lowest BCUT2D eigenvalue weighted by atomic mass is 9.83. The summed E-state index contributed by atoms with van der Waals surface area (Å²) in [6, 6.07) is 12.7. The molecule has 0 saturated carbocycles. The van der Waals surface area contributed by atoms with Gasteiger partial charge in [-0.15, -0.1) is 0 Å². The molecule has 2 aromatic carbocycles. The Balaban J connectivity index is 2.32. The molecule has 4 rings (SSSR count). The molecule has 0 saturated heterocycles. The minimum absolute atomic E-state index is 0.0187. The van der Waals surface area contributed by atoms with Crippen molar-refractivity contribution in [3.63, 3.8) is 0 Å². The van der Waals surface area contributed by atoms with Crippen LogP contribution in [0.15, 0.2) is 47.3 Å². The Morgan fingerprint density at radius 2 is 1.60 bits per heavy atom. The number of aryl methyl sites for hydroxylation is 1. The van der Waals surface area contributed by atoms with E-state index in [2.05, 4.69) is 4.98 Å². The Kier molecular flexibility index (Phi) is 2.05. The van der Waals surface area contributed by atoms with E-state index in [1.807, 2.05) is 43.3 Å². The van der Waals surface area contributed by atoms with Gasteiger partial charge < -0.3 is 4.98 Å². The first-order valence-corrected chi connectivity index (χ1v) is 6.47. The number of benzene rings is 2. The minimum Gasteiger partial charge on any atom is -0.322 e. The average Bonchev–Trinajstić information content (AvgIpc) is 2.46. The molecule has 0 spiro atoms. The van der Waals surface area contributed by atoms with Gasteiger partial charge in [-0.1, -0.05) is 30.3 Å². The van der Waals surface area contributed by atoms with Crippen molar-refractivity contribution in [1.29, 1.82) is 0 Å². The van der Waals surface area contributed by atoms with Gasteiger partial charge in [0.25, 0.3) is 0 Å². The number of carbonyl (C=O) groups is 1. The van der Waals surface area contributed by atoms with Crippen LogP contribution in [0, 0.1) is 6.92 Å². The molecule has 3 nitrogen and oxygen atoms in total. The molecule has 0 fully saturated rings. The molecule has 0 amide bonds. The minimum atomic E-state index is -0.142. The van der Waals surface area contributed by atoms with Crippen LogP contribution in [0.5, 0.6) is 0 Å². The molecule has 3 aromatic rings. The van der Waals surface area contributed by atoms with Gasteiger partial charge in [-0.2, -0.15) is 0 Å². The summed E-state index contributed by atoms with van der Waals surface area (Å²) in [6.07, 6.45) is 0. The number of fused-ring (bicyclic) bond motifs is 2. The number of pyridine rings is 1. The quantitative estimate of drug-likeness (QED) is 0.529. The maximum absolute atomic E-state index is 12.6. The molecule has 1 aliphatic rings. The highest BCUT2D eigenvalue weighted by Gasteiger charge is 2.25. The van der Waals surface area contributed by atoms with Crippen LogP contribution in [0.3, 0.4) is 0 Å². The van der Waals surface area contributed by atoms with Gasteiger partial charge in [0, 0.05) is 22.6 Å². The molecule has 96 valence electrons. The Bertz CT molecular complexity index is 951. The van der Waals surface area contributed by atoms with Crippen molar-refractivity contribution >= 4 is 16.7 Å². The first-order chi connectivity index (χ1) is 9.66. The van der Waals surface area contributed by atoms with E-state index in [0.717, 1.165) is 27.6 Å². The van der Waals surface area contributed by atoms with Crippen LogP contribution < -0.4 is 5.56 Å². The summed E-state index contributed by atoms with van der Waals surface area (Å²) in [7, 11) is 0. The summed E-state index contributed by atoms with van der Waals surface area (Å²) < 4.78 is 0. The second-order valence-corrected chi connectivity index (χ2v) is 5.10. The zero-order valence-electron chi connectivity index (χ0n) is 10.9. The summed E-state index contributed by atoms with van der Waals surface area (Å²) >= 11 is 0. The van der Waals surface area contributed by atoms with Crippen LogP contribution in [-0.2, 0) is 0 Å². The number of ketones is 1. The van der Waals surface area contributed by atoms with Gasteiger partial charge in [0.1, 0.15) is 0 Å². The molecule has 1 aromatic heterocycles. The van der Waals surface area contributed by atoms with Gasteiger partial charge in [0.15, 0.2) is 5.78 Å². The fourth-order valence-electron chi connectivity index (χ4n) is 2.97. The molecule has 0 aliphatic heterocycles. The van der Waals surface area contributed by atoms with Crippen molar-refractivity contribution in [3.8, 4) is 11.1 Å². The second-order valence-electron chi connectivity index (χ2n) is 5.10. The predicted octanol–water partition coefficient (Wildman–Crippen LogP) is 3.05. The van der Waals surface area contributed by atoms with Crippen LogP contribution in [0.25, 0.3) is 22.0 Å². The van der Waals surface area contributed by atoms with Crippen molar-refractivity contribution in [1.82, 2.24) is 4.98 Å². The van der Waals surface area contributed by atoms with Crippen molar-refractivity contribution in [2.24, 2.45) is 0 Å². The Labute approximate surface area is 114 Å². The highest BCUT2D eigenvalue weighted by molar-refractivity contribution is 6.25. The van der Waals surface area contributed by atoms with E-state index in [1.54, 1.807) is 6.07 Å². The molecule has 0 bridgehead atoms. The molecule has 0 unspecified atom stereocenters. The Morgan fingerprint density at radius 3 is 2.40 bits per heavy atom. The van der Waals surface area contributed by atoms with E-state index in [-0.39, 0.29) is 11.3 Å². The van der Waals surface area contributed by atoms with E-state index in [4.69, 9.17) is 0 Å². The van der Waals surface area contributed by atoms with Crippen LogP contribution in [0.2, 0.25) is 0 Å². The maximum Gasteiger partial charge on any atom is 0.249 e. The van der Waals surface area contributed by atoms with Gasteiger partial charge in [-0.25, -0.2) is 0 Å². The number of nitrogens with one attached hydrogen (secondary N) is 1. The van der Waals surface area contributed by atoms with Crippen LogP contribution in [0.4, 0.5) is 0 Å². The summed E-state index contributed by atoms with van der Waals surface area (Å²) in [5, 5.41) is 0.855. The lowest BCUT2D eigenvalue weighted by Crippen LogP contribution is -2.14. The molecule has 0 radical (unpaired) electrons. The predicted molar refractivity (Wildman–Crippen MR) is 78.2 cm³/mol. The number of aromatic amines is 1. The van der Waals surface area contributed by atoms with E-state index >= 15 is 0 Å². The molecule has 1 N–H and O–H groups in total. The summed E-state index contributed by atoms with van der Waals surface area (Å²) in [4.78, 5) is 27.4. The fourth-order valence-corrected chi connectivity index (χ4v) is 2.97. The van der Waals surface area contributed by atoms with Gasteiger partial charge in [0.05, 0.1) is 5.52 Å². The zero-order valence-corrected chi connectivity index (χ0v) is 10.9. The lowest BCUT2D eigenvalue weighted by Gasteiger charge is -2.19. The fraction of sp³-hybridized carbons (Fsp3) is 0.0588. The number of aromatic nitrogens is 1. The van der Waals surface area contributed by atoms with Crippen molar-refractivity contribution in [3.05, 3.63) is 69.5 Å². The van der Waals surface area contributed by atoms with E-state index in [1.165, 1.54) is 0 Å². The van der Waals surface area contributed by atoms with Crippen molar-refractivity contribution < 1.29 is 4.79 Å². The zero-order chi connectivity index (χ0) is 13.9. The molecule has 20 heavy (non-hydrogen) atoms. The number of hydrogen-bond acceptors (Lipinski definition) is 2. The molecule has 1 aliphatic carbocycles. The number of hydrogen-bond donors (Lipinski definition) is 1. The molecule has 1 heterocycles. The third-order valence-corrected chi connectivity index (χ3v) is 3.91. The standard InChI is InChI=1S/C17H11NO2/c1-9-6-7-12-15-13(8-14(19)18-16(9)15)10-4-2-3-5-11(10)17(12)20/h2-8H,1H3,(H,18,19). The van der Waals surface area contributed by atoms with Gasteiger partial charge in [0.2, 0.25) is 5.56 Å². The average molecular weight is 261 g/mol. The van der Waals surface area contributed by atoms with Gasteiger partial charge >= 0.3 is 0 Å². The topological polar surface area (TPSA) is 49.9 Å². The molecular formula is C17H11NO2. The highest BCUT2D eigenvalue weighted by Crippen LogP contribution is 2.38. The Hall–Kier alpha value is -2.68. The summed E-state index contributed by atoms with van der Waals surface area (Å²) in [5.74, 6) is 0.0187. The smallest absolute Gasteiger partial charge is 0.249 e. The van der Waals surface area contributed by atoms with Crippen LogP contribution in [-0.4, -0.2) is 10.8 Å². The second kappa shape index (κ2) is 3.67. The van der Waals surface area contributed by atoms with Gasteiger partial charge in [-0.3, -0.25) is 9.59 Å². The molecule has 0 atom stereocenters. The third kappa shape index (κ3) is 1.29. The largest absolute Gasteiger partial charge is 0.322 e.